The van der Waals surface area contributed by atoms with Gasteiger partial charge in [0.25, 0.3) is 0 Å². The van der Waals surface area contributed by atoms with Crippen LogP contribution in [0.4, 0.5) is 4.79 Å². The van der Waals surface area contributed by atoms with Crippen molar-refractivity contribution in [3.8, 4) is 0 Å². The minimum absolute atomic E-state index is 0.173. The number of thioether (sulfide) groups is 1. The lowest BCUT2D eigenvalue weighted by Gasteiger charge is -2.11. The minimum Gasteiger partial charge on any atom is -0.335 e. The standard InChI is InChI=1S/C11H16N4O2S2/c1-7-14-15-11(19-7)18-6-9(16)13-10(17)12-8-4-2-3-5-8/h8H,2-6H2,1H3,(H2,12,13,16,17). The lowest BCUT2D eigenvalue weighted by molar-refractivity contribution is -0.117. The van der Waals surface area contributed by atoms with Gasteiger partial charge in [-0.25, -0.2) is 4.79 Å². The zero-order chi connectivity index (χ0) is 13.7. The van der Waals surface area contributed by atoms with Crippen LogP contribution in [0.2, 0.25) is 0 Å². The zero-order valence-corrected chi connectivity index (χ0v) is 12.3. The smallest absolute Gasteiger partial charge is 0.321 e. The Morgan fingerprint density at radius 1 is 1.37 bits per heavy atom. The molecule has 1 aliphatic rings. The van der Waals surface area contributed by atoms with Gasteiger partial charge in [-0.2, -0.15) is 0 Å². The van der Waals surface area contributed by atoms with Crippen molar-refractivity contribution in [3.63, 3.8) is 0 Å². The summed E-state index contributed by atoms with van der Waals surface area (Å²) in [5.74, 6) is -0.138. The van der Waals surface area contributed by atoms with Crippen molar-refractivity contribution in [2.75, 3.05) is 5.75 Å². The fourth-order valence-electron chi connectivity index (χ4n) is 1.92. The molecule has 1 heterocycles. The summed E-state index contributed by atoms with van der Waals surface area (Å²) < 4.78 is 0.740. The third kappa shape index (κ3) is 4.79. The second-order valence-electron chi connectivity index (χ2n) is 4.38. The summed E-state index contributed by atoms with van der Waals surface area (Å²) in [6.07, 6.45) is 4.29. The molecule has 8 heteroatoms. The number of carbonyl (C=O) groups excluding carboxylic acids is 2. The Hall–Kier alpha value is -1.15. The topological polar surface area (TPSA) is 84.0 Å². The highest BCUT2D eigenvalue weighted by Gasteiger charge is 2.18. The molecule has 0 aliphatic heterocycles. The summed E-state index contributed by atoms with van der Waals surface area (Å²) in [5.41, 5.74) is 0. The van der Waals surface area contributed by atoms with E-state index in [0.29, 0.717) is 0 Å². The summed E-state index contributed by atoms with van der Waals surface area (Å²) >= 11 is 2.72. The van der Waals surface area contributed by atoms with Gasteiger partial charge in [-0.15, -0.1) is 10.2 Å². The average Bonchev–Trinajstić information content (AvgIpc) is 2.98. The van der Waals surface area contributed by atoms with Crippen LogP contribution in [0.3, 0.4) is 0 Å². The molecule has 0 atom stereocenters. The highest BCUT2D eigenvalue weighted by molar-refractivity contribution is 8.01. The summed E-state index contributed by atoms with van der Waals surface area (Å²) in [4.78, 5) is 23.1. The zero-order valence-electron chi connectivity index (χ0n) is 10.6. The second-order valence-corrected chi connectivity index (χ2v) is 6.78. The summed E-state index contributed by atoms with van der Waals surface area (Å²) in [6.45, 7) is 1.86. The maximum Gasteiger partial charge on any atom is 0.321 e. The van der Waals surface area contributed by atoms with Crippen LogP contribution in [0.5, 0.6) is 0 Å². The molecule has 1 aromatic heterocycles. The maximum atomic E-state index is 11.6. The van der Waals surface area contributed by atoms with Crippen molar-refractivity contribution < 1.29 is 9.59 Å². The van der Waals surface area contributed by atoms with Gasteiger partial charge in [-0.3, -0.25) is 10.1 Å². The second kappa shape index (κ2) is 6.85. The van der Waals surface area contributed by atoms with E-state index < -0.39 is 6.03 Å². The number of amides is 3. The first-order valence-electron chi connectivity index (χ1n) is 6.17. The highest BCUT2D eigenvalue weighted by Crippen LogP contribution is 2.21. The number of imide groups is 1. The molecule has 2 N–H and O–H groups in total. The predicted molar refractivity (Wildman–Crippen MR) is 74.3 cm³/mol. The highest BCUT2D eigenvalue weighted by atomic mass is 32.2. The quantitative estimate of drug-likeness (QED) is 0.827. The first kappa shape index (κ1) is 14.3. The van der Waals surface area contributed by atoms with Gasteiger partial charge in [0, 0.05) is 6.04 Å². The third-order valence-corrected chi connectivity index (χ3v) is 4.75. The number of carbonyl (C=O) groups is 2. The molecule has 0 radical (unpaired) electrons. The van der Waals surface area contributed by atoms with Crippen LogP contribution in [-0.2, 0) is 4.79 Å². The Bertz CT molecular complexity index is 457. The lowest BCUT2D eigenvalue weighted by Crippen LogP contribution is -2.44. The fraction of sp³-hybridized carbons (Fsp3) is 0.636. The van der Waals surface area contributed by atoms with Crippen LogP contribution in [0.1, 0.15) is 30.7 Å². The Morgan fingerprint density at radius 2 is 2.11 bits per heavy atom. The van der Waals surface area contributed by atoms with E-state index in [0.717, 1.165) is 35.0 Å². The summed E-state index contributed by atoms with van der Waals surface area (Å²) in [6, 6.07) is -0.183. The molecule has 6 nitrogen and oxygen atoms in total. The van der Waals surface area contributed by atoms with Crippen molar-refractivity contribution in [1.29, 1.82) is 0 Å². The van der Waals surface area contributed by atoms with E-state index in [9.17, 15) is 9.59 Å². The molecule has 19 heavy (non-hydrogen) atoms. The van der Waals surface area contributed by atoms with E-state index in [1.165, 1.54) is 23.1 Å². The van der Waals surface area contributed by atoms with E-state index in [-0.39, 0.29) is 17.7 Å². The Balaban J connectivity index is 1.67. The molecule has 0 aromatic carbocycles. The molecule has 104 valence electrons. The molecule has 1 fully saturated rings. The van der Waals surface area contributed by atoms with Crippen LogP contribution in [0.25, 0.3) is 0 Å². The molecule has 1 aromatic rings. The Kier molecular flexibility index (Phi) is 5.15. The van der Waals surface area contributed by atoms with Crippen LogP contribution >= 0.6 is 23.1 Å². The molecule has 0 bridgehead atoms. The number of nitrogens with one attached hydrogen (secondary N) is 2. The number of rotatable bonds is 4. The first-order chi connectivity index (χ1) is 9.13. The fourth-order valence-corrected chi connectivity index (χ4v) is 3.53. The van der Waals surface area contributed by atoms with Gasteiger partial charge in [0.15, 0.2) is 4.34 Å². The molecule has 1 saturated carbocycles. The van der Waals surface area contributed by atoms with Crippen molar-refractivity contribution in [1.82, 2.24) is 20.8 Å². The minimum atomic E-state index is -0.397. The molecule has 2 rings (SSSR count). The molecular formula is C11H16N4O2S2. The van der Waals surface area contributed by atoms with Gasteiger partial charge in [0.05, 0.1) is 5.75 Å². The average molecular weight is 300 g/mol. The predicted octanol–water partition coefficient (Wildman–Crippen LogP) is 1.71. The van der Waals surface area contributed by atoms with Crippen molar-refractivity contribution in [2.45, 2.75) is 43.0 Å². The maximum absolute atomic E-state index is 11.6. The molecule has 3 amide bonds. The Morgan fingerprint density at radius 3 is 2.74 bits per heavy atom. The van der Waals surface area contributed by atoms with E-state index in [1.54, 1.807) is 0 Å². The van der Waals surface area contributed by atoms with Crippen LogP contribution < -0.4 is 10.6 Å². The lowest BCUT2D eigenvalue weighted by atomic mass is 10.2. The number of nitrogens with zero attached hydrogens (tertiary/aromatic N) is 2. The van der Waals surface area contributed by atoms with Gasteiger partial charge in [-0.1, -0.05) is 35.9 Å². The largest absolute Gasteiger partial charge is 0.335 e. The number of urea groups is 1. The van der Waals surface area contributed by atoms with Gasteiger partial charge in [-0.05, 0) is 19.8 Å². The number of hydrogen-bond acceptors (Lipinski definition) is 6. The SMILES string of the molecule is Cc1nnc(SCC(=O)NC(=O)NC2CCCC2)s1. The van der Waals surface area contributed by atoms with Crippen molar-refractivity contribution >= 4 is 35.0 Å². The monoisotopic (exact) mass is 300 g/mol. The molecule has 0 unspecified atom stereocenters. The molecule has 0 saturated heterocycles. The van der Waals surface area contributed by atoms with Crippen LogP contribution in [0.15, 0.2) is 4.34 Å². The van der Waals surface area contributed by atoms with E-state index in [2.05, 4.69) is 20.8 Å². The van der Waals surface area contributed by atoms with Gasteiger partial charge >= 0.3 is 6.03 Å². The van der Waals surface area contributed by atoms with Gasteiger partial charge < -0.3 is 5.32 Å². The number of aromatic nitrogens is 2. The Labute approximate surface area is 119 Å². The molecule has 0 spiro atoms. The van der Waals surface area contributed by atoms with E-state index >= 15 is 0 Å². The van der Waals surface area contributed by atoms with Crippen molar-refractivity contribution in [2.24, 2.45) is 0 Å². The molecule has 1 aliphatic carbocycles. The first-order valence-corrected chi connectivity index (χ1v) is 7.97. The normalized spacial score (nSPS) is 15.4. The third-order valence-electron chi connectivity index (χ3n) is 2.78. The van der Waals surface area contributed by atoms with E-state index in [4.69, 9.17) is 0 Å². The van der Waals surface area contributed by atoms with Crippen LogP contribution in [-0.4, -0.2) is 33.9 Å². The summed E-state index contributed by atoms with van der Waals surface area (Å²) in [5, 5.41) is 13.8. The van der Waals surface area contributed by atoms with E-state index in [1.807, 2.05) is 6.92 Å². The van der Waals surface area contributed by atoms with Crippen molar-refractivity contribution in [3.05, 3.63) is 5.01 Å². The molecular weight excluding hydrogens is 284 g/mol. The van der Waals surface area contributed by atoms with Crippen LogP contribution in [0, 0.1) is 6.92 Å². The number of aryl methyl sites for hydroxylation is 1. The van der Waals surface area contributed by atoms with Gasteiger partial charge in [0.1, 0.15) is 5.01 Å². The summed E-state index contributed by atoms with van der Waals surface area (Å²) in [7, 11) is 0. The number of hydrogen-bond donors (Lipinski definition) is 2. The van der Waals surface area contributed by atoms with Gasteiger partial charge in [0.2, 0.25) is 5.91 Å².